The summed E-state index contributed by atoms with van der Waals surface area (Å²) in [4.78, 5) is 27.6. The average Bonchev–Trinajstić information content (AvgIpc) is 3.15. The van der Waals surface area contributed by atoms with Crippen molar-refractivity contribution in [2.75, 3.05) is 49.1 Å². The third-order valence-electron chi connectivity index (χ3n) is 5.99. The van der Waals surface area contributed by atoms with E-state index in [-0.39, 0.29) is 11.4 Å². The van der Waals surface area contributed by atoms with Gasteiger partial charge in [-0.3, -0.25) is 4.90 Å². The molecule has 1 atom stereocenters. The van der Waals surface area contributed by atoms with Crippen LogP contribution in [0.5, 0.6) is 5.75 Å². The van der Waals surface area contributed by atoms with Gasteiger partial charge in [-0.1, -0.05) is 18.5 Å². The molecule has 1 aromatic heterocycles. The number of nitrogens with zero attached hydrogens (tertiary/aromatic N) is 5. The summed E-state index contributed by atoms with van der Waals surface area (Å²) in [5, 5.41) is 0.581. The number of carbonyl (C=O) groups is 1. The fraction of sp³-hybridized carbons (Fsp3) is 0.500. The molecule has 9 heteroatoms. The van der Waals surface area contributed by atoms with Gasteiger partial charge in [0.25, 0.3) is 0 Å². The third kappa shape index (κ3) is 4.39. The van der Waals surface area contributed by atoms with Gasteiger partial charge in [0.15, 0.2) is 5.82 Å². The lowest BCUT2D eigenvalue weighted by atomic mass is 9.89. The second kappa shape index (κ2) is 8.49. The number of hydrogen-bond donors (Lipinski definition) is 0. The van der Waals surface area contributed by atoms with Gasteiger partial charge in [0.2, 0.25) is 5.95 Å². The Balaban J connectivity index is 1.48. The molecule has 1 aromatic carbocycles. The zero-order valence-corrected chi connectivity index (χ0v) is 18.8. The normalized spacial score (nSPS) is 20.4. The van der Waals surface area contributed by atoms with Gasteiger partial charge in [-0.25, -0.2) is 19.2 Å². The van der Waals surface area contributed by atoms with Crippen molar-refractivity contribution in [1.29, 1.82) is 0 Å². The van der Waals surface area contributed by atoms with Gasteiger partial charge >= 0.3 is 6.03 Å². The van der Waals surface area contributed by atoms with Gasteiger partial charge in [0.05, 0.1) is 24.1 Å². The smallest absolute Gasteiger partial charge is 0.324 e. The monoisotopic (exact) mass is 447 g/mol. The van der Waals surface area contributed by atoms with Crippen LogP contribution < -0.4 is 14.5 Å². The molecule has 4 rings (SSSR count). The zero-order chi connectivity index (χ0) is 22.2. The number of amides is 2. The summed E-state index contributed by atoms with van der Waals surface area (Å²) in [6.07, 6.45) is 2.11. The van der Waals surface area contributed by atoms with Gasteiger partial charge in [-0.15, -0.1) is 0 Å². The average molecular weight is 448 g/mol. The second-order valence-electron chi connectivity index (χ2n) is 8.49. The van der Waals surface area contributed by atoms with E-state index in [4.69, 9.17) is 16.3 Å². The molecule has 0 bridgehead atoms. The molecule has 0 N–H and O–H groups in total. The highest BCUT2D eigenvalue weighted by Crippen LogP contribution is 2.36. The largest absolute Gasteiger partial charge is 0.489 e. The maximum atomic E-state index is 13.5. The van der Waals surface area contributed by atoms with E-state index in [2.05, 4.69) is 21.8 Å². The second-order valence-corrected chi connectivity index (χ2v) is 8.93. The highest BCUT2D eigenvalue weighted by molar-refractivity contribution is 6.30. The number of ether oxygens (including phenoxy) is 1. The SMILES string of the molecule is CCN(CC1(C)CCN(c2ncc(F)c(C)n2)C1)C(=O)N1CCOc2cc(Cl)ccc21. The molecule has 1 unspecified atom stereocenters. The molecule has 0 radical (unpaired) electrons. The number of hydrogen-bond acceptors (Lipinski definition) is 5. The summed E-state index contributed by atoms with van der Waals surface area (Å²) < 4.78 is 19.2. The number of halogens is 2. The molecule has 3 heterocycles. The molecule has 2 aliphatic heterocycles. The van der Waals surface area contributed by atoms with Gasteiger partial charge in [0.1, 0.15) is 12.4 Å². The minimum absolute atomic E-state index is 0.0390. The number of carbonyl (C=O) groups excluding carboxylic acids is 1. The van der Waals surface area contributed by atoms with Crippen molar-refractivity contribution in [2.24, 2.45) is 5.41 Å². The van der Waals surface area contributed by atoms with Crippen LogP contribution in [0.15, 0.2) is 24.4 Å². The summed E-state index contributed by atoms with van der Waals surface area (Å²) in [5.74, 6) is 0.766. The molecule has 0 saturated carbocycles. The summed E-state index contributed by atoms with van der Waals surface area (Å²) in [5.41, 5.74) is 0.967. The molecule has 1 saturated heterocycles. The van der Waals surface area contributed by atoms with Gasteiger partial charge in [-0.05, 0) is 32.4 Å². The van der Waals surface area contributed by atoms with Gasteiger partial charge in [-0.2, -0.15) is 0 Å². The maximum Gasteiger partial charge on any atom is 0.324 e. The lowest BCUT2D eigenvalue weighted by Gasteiger charge is -2.37. The lowest BCUT2D eigenvalue weighted by molar-refractivity contribution is 0.174. The van der Waals surface area contributed by atoms with Gasteiger partial charge < -0.3 is 14.5 Å². The van der Waals surface area contributed by atoms with E-state index in [0.29, 0.717) is 55.2 Å². The topological polar surface area (TPSA) is 61.8 Å². The van der Waals surface area contributed by atoms with Crippen molar-refractivity contribution in [3.8, 4) is 5.75 Å². The van der Waals surface area contributed by atoms with Crippen molar-refractivity contribution in [1.82, 2.24) is 14.9 Å². The molecule has 2 aromatic rings. The van der Waals surface area contributed by atoms with E-state index in [1.165, 1.54) is 6.20 Å². The van der Waals surface area contributed by atoms with Crippen LogP contribution in [-0.4, -0.2) is 60.2 Å². The summed E-state index contributed by atoms with van der Waals surface area (Å²) in [7, 11) is 0. The number of benzene rings is 1. The minimum atomic E-state index is -0.402. The van der Waals surface area contributed by atoms with E-state index in [9.17, 15) is 9.18 Å². The first kappa shape index (κ1) is 21.6. The van der Waals surface area contributed by atoms with Crippen molar-refractivity contribution in [3.63, 3.8) is 0 Å². The van der Waals surface area contributed by atoms with Crippen LogP contribution in [0.1, 0.15) is 26.0 Å². The molecule has 166 valence electrons. The summed E-state index contributed by atoms with van der Waals surface area (Å²) >= 11 is 6.08. The predicted molar refractivity (Wildman–Crippen MR) is 119 cm³/mol. The van der Waals surface area contributed by atoms with Crippen LogP contribution in [0.2, 0.25) is 5.02 Å². The van der Waals surface area contributed by atoms with E-state index in [0.717, 1.165) is 18.7 Å². The molecule has 0 aliphatic carbocycles. The van der Waals surface area contributed by atoms with Crippen molar-refractivity contribution < 1.29 is 13.9 Å². The fourth-order valence-corrected chi connectivity index (χ4v) is 4.42. The van der Waals surface area contributed by atoms with E-state index < -0.39 is 5.82 Å². The van der Waals surface area contributed by atoms with Crippen LogP contribution in [0, 0.1) is 18.2 Å². The number of anilines is 2. The van der Waals surface area contributed by atoms with Crippen LogP contribution in [0.4, 0.5) is 20.8 Å². The molecule has 2 aliphatic rings. The van der Waals surface area contributed by atoms with Gasteiger partial charge in [0, 0.05) is 42.7 Å². The van der Waals surface area contributed by atoms with Crippen LogP contribution in [0.3, 0.4) is 0 Å². The summed E-state index contributed by atoms with van der Waals surface area (Å²) in [6.45, 7) is 9.42. The highest BCUT2D eigenvalue weighted by atomic mass is 35.5. The maximum absolute atomic E-state index is 13.5. The zero-order valence-electron chi connectivity index (χ0n) is 18.1. The van der Waals surface area contributed by atoms with E-state index in [1.807, 2.05) is 17.9 Å². The quantitative estimate of drug-likeness (QED) is 0.705. The van der Waals surface area contributed by atoms with Crippen molar-refractivity contribution >= 4 is 29.3 Å². The molecule has 2 amide bonds. The first-order valence-electron chi connectivity index (χ1n) is 10.5. The molecule has 31 heavy (non-hydrogen) atoms. The lowest BCUT2D eigenvalue weighted by Crippen LogP contribution is -2.50. The number of aryl methyl sites for hydroxylation is 1. The number of fused-ring (bicyclic) bond motifs is 1. The Bertz CT molecular complexity index is 990. The van der Waals surface area contributed by atoms with Crippen molar-refractivity contribution in [3.05, 3.63) is 40.9 Å². The Morgan fingerprint density at radius 3 is 2.94 bits per heavy atom. The highest BCUT2D eigenvalue weighted by Gasteiger charge is 2.38. The minimum Gasteiger partial charge on any atom is -0.489 e. The Labute approximate surface area is 186 Å². The van der Waals surface area contributed by atoms with Crippen LogP contribution in [0.25, 0.3) is 0 Å². The first-order valence-corrected chi connectivity index (χ1v) is 10.9. The molecule has 0 spiro atoms. The Hall–Kier alpha value is -2.61. The number of rotatable bonds is 4. The van der Waals surface area contributed by atoms with E-state index >= 15 is 0 Å². The Morgan fingerprint density at radius 1 is 1.39 bits per heavy atom. The molecular weight excluding hydrogens is 421 g/mol. The van der Waals surface area contributed by atoms with Crippen molar-refractivity contribution in [2.45, 2.75) is 27.2 Å². The summed E-state index contributed by atoms with van der Waals surface area (Å²) in [6, 6.07) is 5.30. The third-order valence-corrected chi connectivity index (χ3v) is 6.22. The predicted octanol–water partition coefficient (Wildman–Crippen LogP) is 4.13. The Kier molecular flexibility index (Phi) is 5.92. The molecule has 1 fully saturated rings. The van der Waals surface area contributed by atoms with Crippen LogP contribution in [-0.2, 0) is 0 Å². The Morgan fingerprint density at radius 2 is 2.19 bits per heavy atom. The number of urea groups is 1. The first-order chi connectivity index (χ1) is 14.8. The number of aromatic nitrogens is 2. The molecule has 7 nitrogen and oxygen atoms in total. The van der Waals surface area contributed by atoms with E-state index in [1.54, 1.807) is 24.0 Å². The fourth-order valence-electron chi connectivity index (χ4n) is 4.25. The van der Waals surface area contributed by atoms with Crippen LogP contribution >= 0.6 is 11.6 Å². The standard InChI is InChI=1S/C22H27ClFN5O2/c1-4-27(21(30)29-9-10-31-19-11-16(23)5-6-18(19)29)13-22(3)7-8-28(14-22)20-25-12-17(24)15(2)26-20/h5-6,11-12H,4,7-10,13-14H2,1-3H3. The molecular formula is C22H27ClFN5O2.